The summed E-state index contributed by atoms with van der Waals surface area (Å²) >= 11 is 0. The second-order valence-electron chi connectivity index (χ2n) is 3.88. The Bertz CT molecular complexity index is 203. The van der Waals surface area contributed by atoms with Crippen molar-refractivity contribution in [3.8, 4) is 0 Å². The number of alkyl halides is 3. The van der Waals surface area contributed by atoms with Gasteiger partial charge >= 0.3 is 6.18 Å². The number of rotatable bonds is 1. The van der Waals surface area contributed by atoms with Crippen LogP contribution in [0.15, 0.2) is 11.6 Å². The molecular formula is C10H15F3. The zero-order valence-corrected chi connectivity index (χ0v) is 7.99. The van der Waals surface area contributed by atoms with Gasteiger partial charge in [-0.3, -0.25) is 0 Å². The molecule has 1 aliphatic rings. The highest BCUT2D eigenvalue weighted by Crippen LogP contribution is 2.39. The third-order valence-electron chi connectivity index (χ3n) is 2.68. The zero-order chi connectivity index (χ0) is 10.1. The Morgan fingerprint density at radius 3 is 2.54 bits per heavy atom. The Kier molecular flexibility index (Phi) is 3.04. The van der Waals surface area contributed by atoms with Gasteiger partial charge in [0.15, 0.2) is 0 Å². The van der Waals surface area contributed by atoms with Crippen molar-refractivity contribution in [2.24, 2.45) is 11.8 Å². The first-order valence-electron chi connectivity index (χ1n) is 4.67. The smallest absolute Gasteiger partial charge is 0.170 e. The van der Waals surface area contributed by atoms with Gasteiger partial charge in [-0.05, 0) is 25.7 Å². The van der Waals surface area contributed by atoms with Crippen LogP contribution in [0.25, 0.3) is 0 Å². The summed E-state index contributed by atoms with van der Waals surface area (Å²) in [5.74, 6) is -0.983. The molecule has 0 saturated carbocycles. The number of hydrogen-bond donors (Lipinski definition) is 0. The lowest BCUT2D eigenvalue weighted by atomic mass is 9.81. The molecule has 76 valence electrons. The van der Waals surface area contributed by atoms with Gasteiger partial charge in [0.05, 0.1) is 5.92 Å². The summed E-state index contributed by atoms with van der Waals surface area (Å²) < 4.78 is 37.1. The van der Waals surface area contributed by atoms with Crippen LogP contribution in [0.4, 0.5) is 13.2 Å². The van der Waals surface area contributed by atoms with Crippen LogP contribution >= 0.6 is 0 Å². The molecule has 0 nitrogen and oxygen atoms in total. The zero-order valence-electron chi connectivity index (χ0n) is 7.99. The van der Waals surface area contributed by atoms with E-state index >= 15 is 0 Å². The molecule has 1 rings (SSSR count). The van der Waals surface area contributed by atoms with E-state index < -0.39 is 12.1 Å². The first-order chi connectivity index (χ1) is 5.93. The van der Waals surface area contributed by atoms with E-state index in [1.54, 1.807) is 6.92 Å². The molecule has 0 aromatic carbocycles. The molecule has 0 bridgehead atoms. The fraction of sp³-hybridized carbons (Fsp3) is 0.800. The summed E-state index contributed by atoms with van der Waals surface area (Å²) in [6.07, 6.45) is -0.709. The molecule has 0 saturated heterocycles. The molecule has 3 heteroatoms. The lowest BCUT2D eigenvalue weighted by molar-refractivity contribution is -0.166. The first kappa shape index (κ1) is 10.6. The first-order valence-corrected chi connectivity index (χ1v) is 4.67. The summed E-state index contributed by atoms with van der Waals surface area (Å²) in [6.45, 7) is 3.75. The summed E-state index contributed by atoms with van der Waals surface area (Å²) in [4.78, 5) is 0. The lowest BCUT2D eigenvalue weighted by Crippen LogP contribution is -2.26. The highest BCUT2D eigenvalue weighted by molar-refractivity contribution is 5.08. The van der Waals surface area contributed by atoms with Crippen LogP contribution in [0, 0.1) is 11.8 Å². The van der Waals surface area contributed by atoms with Gasteiger partial charge in [-0.2, -0.15) is 13.2 Å². The molecule has 0 fully saturated rings. The van der Waals surface area contributed by atoms with Crippen molar-refractivity contribution in [1.82, 2.24) is 0 Å². The van der Waals surface area contributed by atoms with Gasteiger partial charge in [-0.1, -0.05) is 25.0 Å². The van der Waals surface area contributed by atoms with E-state index in [0.29, 0.717) is 0 Å². The van der Waals surface area contributed by atoms with Crippen LogP contribution in [0.1, 0.15) is 33.1 Å². The van der Waals surface area contributed by atoms with E-state index in [4.69, 9.17) is 0 Å². The van der Waals surface area contributed by atoms with Crippen molar-refractivity contribution in [3.05, 3.63) is 11.6 Å². The van der Waals surface area contributed by atoms with Gasteiger partial charge in [0, 0.05) is 0 Å². The van der Waals surface area contributed by atoms with Crippen molar-refractivity contribution in [2.45, 2.75) is 39.3 Å². The number of halogens is 3. The second kappa shape index (κ2) is 3.72. The molecular weight excluding hydrogens is 177 g/mol. The molecule has 2 unspecified atom stereocenters. The minimum atomic E-state index is -4.05. The van der Waals surface area contributed by atoms with Crippen LogP contribution in [-0.2, 0) is 0 Å². The molecule has 0 aromatic heterocycles. The second-order valence-corrected chi connectivity index (χ2v) is 3.88. The minimum Gasteiger partial charge on any atom is -0.170 e. The molecule has 1 aliphatic carbocycles. The normalized spacial score (nSPS) is 30.1. The maximum Gasteiger partial charge on any atom is 0.395 e. The molecule has 0 spiro atoms. The highest BCUT2D eigenvalue weighted by atomic mass is 19.4. The van der Waals surface area contributed by atoms with E-state index in [1.807, 2.05) is 6.92 Å². The van der Waals surface area contributed by atoms with Crippen LogP contribution in [0.3, 0.4) is 0 Å². The number of hydrogen-bond acceptors (Lipinski definition) is 0. The van der Waals surface area contributed by atoms with Gasteiger partial charge in [-0.15, -0.1) is 0 Å². The summed E-state index contributed by atoms with van der Waals surface area (Å²) in [5, 5.41) is 0. The van der Waals surface area contributed by atoms with Crippen molar-refractivity contribution in [3.63, 3.8) is 0 Å². The third kappa shape index (κ3) is 2.75. The molecule has 2 atom stereocenters. The fourth-order valence-electron chi connectivity index (χ4n) is 1.92. The lowest BCUT2D eigenvalue weighted by Gasteiger charge is -2.28. The van der Waals surface area contributed by atoms with E-state index in [9.17, 15) is 13.2 Å². The monoisotopic (exact) mass is 192 g/mol. The minimum absolute atomic E-state index is 0.219. The quantitative estimate of drug-likeness (QED) is 0.552. The molecule has 0 N–H and O–H groups in total. The Hall–Kier alpha value is -0.470. The topological polar surface area (TPSA) is 0 Å². The van der Waals surface area contributed by atoms with Crippen LogP contribution in [0.2, 0.25) is 0 Å². The molecule has 0 aromatic rings. The van der Waals surface area contributed by atoms with Gasteiger partial charge in [-0.25, -0.2) is 0 Å². The molecule has 0 amide bonds. The van der Waals surface area contributed by atoms with E-state index in [0.717, 1.165) is 18.4 Å². The SMILES string of the molecule is CCC1CC(C)=CC(C(F)(F)F)C1. The molecule has 0 radical (unpaired) electrons. The van der Waals surface area contributed by atoms with Gasteiger partial charge in [0.1, 0.15) is 0 Å². The van der Waals surface area contributed by atoms with E-state index in [-0.39, 0.29) is 12.3 Å². The van der Waals surface area contributed by atoms with Gasteiger partial charge < -0.3 is 0 Å². The van der Waals surface area contributed by atoms with E-state index in [1.165, 1.54) is 6.08 Å². The Morgan fingerprint density at radius 2 is 2.08 bits per heavy atom. The third-order valence-corrected chi connectivity index (χ3v) is 2.68. The standard InChI is InChI=1S/C10H15F3/c1-3-8-4-7(2)5-9(6-8)10(11,12)13/h5,8-9H,3-4,6H2,1-2H3. The summed E-state index contributed by atoms with van der Waals surface area (Å²) in [5.41, 5.74) is 0.889. The average molecular weight is 192 g/mol. The summed E-state index contributed by atoms with van der Waals surface area (Å²) in [6, 6.07) is 0. The van der Waals surface area contributed by atoms with Crippen molar-refractivity contribution >= 4 is 0 Å². The summed E-state index contributed by atoms with van der Waals surface area (Å²) in [7, 11) is 0. The molecule has 13 heavy (non-hydrogen) atoms. The fourth-order valence-corrected chi connectivity index (χ4v) is 1.92. The molecule has 0 aliphatic heterocycles. The van der Waals surface area contributed by atoms with Crippen molar-refractivity contribution in [1.29, 1.82) is 0 Å². The predicted octanol–water partition coefficient (Wildman–Crippen LogP) is 3.93. The largest absolute Gasteiger partial charge is 0.395 e. The molecule has 0 heterocycles. The Labute approximate surface area is 76.8 Å². The van der Waals surface area contributed by atoms with Crippen molar-refractivity contribution in [2.75, 3.05) is 0 Å². The Balaban J connectivity index is 2.72. The van der Waals surface area contributed by atoms with Gasteiger partial charge in [0.2, 0.25) is 0 Å². The van der Waals surface area contributed by atoms with E-state index in [2.05, 4.69) is 0 Å². The highest BCUT2D eigenvalue weighted by Gasteiger charge is 2.40. The average Bonchev–Trinajstić information content (AvgIpc) is 2.01. The maximum absolute atomic E-state index is 12.4. The van der Waals surface area contributed by atoms with Crippen LogP contribution in [0.5, 0.6) is 0 Å². The Morgan fingerprint density at radius 1 is 1.46 bits per heavy atom. The van der Waals surface area contributed by atoms with Gasteiger partial charge in [0.25, 0.3) is 0 Å². The van der Waals surface area contributed by atoms with Crippen LogP contribution in [-0.4, -0.2) is 6.18 Å². The van der Waals surface area contributed by atoms with Crippen LogP contribution < -0.4 is 0 Å². The maximum atomic E-state index is 12.4. The van der Waals surface area contributed by atoms with Crippen molar-refractivity contribution < 1.29 is 13.2 Å². The predicted molar refractivity (Wildman–Crippen MR) is 46.3 cm³/mol. The number of allylic oxidation sites excluding steroid dienone is 2.